The van der Waals surface area contributed by atoms with Gasteiger partial charge in [-0.05, 0) is 56.5 Å². The largest absolute Gasteiger partial charge is 0.497 e. The number of nitrogens with zero attached hydrogens (tertiary/aromatic N) is 1. The number of aryl methyl sites for hydroxylation is 1. The molecule has 0 aromatic heterocycles. The zero-order valence-corrected chi connectivity index (χ0v) is 17.4. The second-order valence-electron chi connectivity index (χ2n) is 7.32. The van der Waals surface area contributed by atoms with Crippen LogP contribution in [0.2, 0.25) is 0 Å². The molecule has 1 atom stereocenters. The van der Waals surface area contributed by atoms with Crippen molar-refractivity contribution in [2.75, 3.05) is 7.11 Å². The van der Waals surface area contributed by atoms with E-state index < -0.39 is 6.04 Å². The van der Waals surface area contributed by atoms with E-state index in [1.165, 1.54) is 0 Å². The molecule has 0 aliphatic rings. The topological polar surface area (TPSA) is 58.6 Å². The molecule has 0 fully saturated rings. The Hall–Kier alpha value is -2.82. The quantitative estimate of drug-likeness (QED) is 0.760. The number of hydrogen-bond donors (Lipinski definition) is 1. The minimum Gasteiger partial charge on any atom is -0.497 e. The molecular weight excluding hydrogens is 352 g/mol. The van der Waals surface area contributed by atoms with Crippen molar-refractivity contribution in [2.45, 2.75) is 52.7 Å². The number of methoxy groups -OCH3 is 1. The maximum atomic E-state index is 13.2. The van der Waals surface area contributed by atoms with Gasteiger partial charge in [0.2, 0.25) is 11.8 Å². The molecule has 5 heteroatoms. The van der Waals surface area contributed by atoms with Crippen LogP contribution in [0, 0.1) is 6.92 Å². The van der Waals surface area contributed by atoms with Gasteiger partial charge in [-0.3, -0.25) is 9.59 Å². The van der Waals surface area contributed by atoms with Crippen LogP contribution in [0.5, 0.6) is 5.75 Å². The SMILES string of the molecule is COc1cccc(CN(C(=O)Cc2ccccc2C)[C@@H](C)C(=O)NC(C)C)c1. The molecule has 2 amide bonds. The molecule has 0 aliphatic heterocycles. The first-order chi connectivity index (χ1) is 13.3. The third-order valence-electron chi connectivity index (χ3n) is 4.69. The first-order valence-corrected chi connectivity index (χ1v) is 9.59. The first kappa shape index (κ1) is 21.5. The van der Waals surface area contributed by atoms with Gasteiger partial charge < -0.3 is 15.0 Å². The van der Waals surface area contributed by atoms with E-state index in [-0.39, 0.29) is 24.3 Å². The fourth-order valence-electron chi connectivity index (χ4n) is 3.03. The fourth-order valence-corrected chi connectivity index (χ4v) is 3.03. The zero-order valence-electron chi connectivity index (χ0n) is 17.4. The molecule has 150 valence electrons. The van der Waals surface area contributed by atoms with Gasteiger partial charge in [-0.1, -0.05) is 36.4 Å². The van der Waals surface area contributed by atoms with Gasteiger partial charge >= 0.3 is 0 Å². The van der Waals surface area contributed by atoms with Crippen molar-refractivity contribution in [3.05, 3.63) is 65.2 Å². The molecule has 0 heterocycles. The summed E-state index contributed by atoms with van der Waals surface area (Å²) in [6.45, 7) is 7.92. The lowest BCUT2D eigenvalue weighted by Gasteiger charge is -2.29. The third-order valence-corrected chi connectivity index (χ3v) is 4.69. The summed E-state index contributed by atoms with van der Waals surface area (Å²) in [4.78, 5) is 27.4. The number of hydrogen-bond acceptors (Lipinski definition) is 3. The number of amides is 2. The molecule has 0 saturated heterocycles. The highest BCUT2D eigenvalue weighted by Gasteiger charge is 2.26. The van der Waals surface area contributed by atoms with E-state index in [1.807, 2.05) is 69.3 Å². The van der Waals surface area contributed by atoms with Gasteiger partial charge in [0.15, 0.2) is 0 Å². The normalized spacial score (nSPS) is 11.8. The number of carbonyl (C=O) groups excluding carboxylic acids is 2. The highest BCUT2D eigenvalue weighted by atomic mass is 16.5. The highest BCUT2D eigenvalue weighted by Crippen LogP contribution is 2.18. The summed E-state index contributed by atoms with van der Waals surface area (Å²) in [5.41, 5.74) is 2.96. The summed E-state index contributed by atoms with van der Waals surface area (Å²) in [5.74, 6) is 0.489. The lowest BCUT2D eigenvalue weighted by Crippen LogP contribution is -2.49. The fraction of sp³-hybridized carbons (Fsp3) is 0.391. The average molecular weight is 383 g/mol. The van der Waals surface area contributed by atoms with Crippen molar-refractivity contribution in [1.29, 1.82) is 0 Å². The summed E-state index contributed by atoms with van der Waals surface area (Å²) in [6, 6.07) is 14.8. The van der Waals surface area contributed by atoms with E-state index in [0.717, 1.165) is 22.4 Å². The molecule has 5 nitrogen and oxygen atoms in total. The molecule has 28 heavy (non-hydrogen) atoms. The van der Waals surface area contributed by atoms with Gasteiger partial charge in [-0.25, -0.2) is 0 Å². The molecule has 0 unspecified atom stereocenters. The highest BCUT2D eigenvalue weighted by molar-refractivity contribution is 5.88. The van der Waals surface area contributed by atoms with Crippen molar-refractivity contribution in [1.82, 2.24) is 10.2 Å². The smallest absolute Gasteiger partial charge is 0.242 e. The van der Waals surface area contributed by atoms with Crippen LogP contribution in [0.15, 0.2) is 48.5 Å². The molecular formula is C23H30N2O3. The Bertz CT molecular complexity index is 817. The Kier molecular flexibility index (Phi) is 7.61. The van der Waals surface area contributed by atoms with Gasteiger partial charge in [-0.2, -0.15) is 0 Å². The number of carbonyl (C=O) groups is 2. The first-order valence-electron chi connectivity index (χ1n) is 9.59. The van der Waals surface area contributed by atoms with Crippen molar-refractivity contribution in [3.63, 3.8) is 0 Å². The molecule has 0 aliphatic carbocycles. The molecule has 0 bridgehead atoms. The summed E-state index contributed by atoms with van der Waals surface area (Å²) in [5, 5.41) is 2.90. The predicted octanol–water partition coefficient (Wildman–Crippen LogP) is 3.49. The monoisotopic (exact) mass is 382 g/mol. The van der Waals surface area contributed by atoms with E-state index >= 15 is 0 Å². The zero-order chi connectivity index (χ0) is 20.7. The lowest BCUT2D eigenvalue weighted by atomic mass is 10.0. The average Bonchev–Trinajstić information content (AvgIpc) is 2.67. The number of nitrogens with one attached hydrogen (secondary N) is 1. The number of ether oxygens (including phenoxy) is 1. The summed E-state index contributed by atoms with van der Waals surface area (Å²) in [6.07, 6.45) is 0.260. The number of benzene rings is 2. The van der Waals surface area contributed by atoms with Crippen molar-refractivity contribution >= 4 is 11.8 Å². The van der Waals surface area contributed by atoms with Crippen LogP contribution >= 0.6 is 0 Å². The molecule has 0 radical (unpaired) electrons. The summed E-state index contributed by atoms with van der Waals surface area (Å²) in [7, 11) is 1.61. The molecule has 2 rings (SSSR count). The maximum Gasteiger partial charge on any atom is 0.242 e. The van der Waals surface area contributed by atoms with Crippen LogP contribution in [0.3, 0.4) is 0 Å². The second kappa shape index (κ2) is 9.93. The van der Waals surface area contributed by atoms with Crippen LogP contribution in [0.1, 0.15) is 37.5 Å². The van der Waals surface area contributed by atoms with Crippen molar-refractivity contribution < 1.29 is 14.3 Å². The minimum atomic E-state index is -0.579. The van der Waals surface area contributed by atoms with E-state index in [9.17, 15) is 9.59 Å². The van der Waals surface area contributed by atoms with E-state index in [4.69, 9.17) is 4.74 Å². The van der Waals surface area contributed by atoms with Crippen molar-refractivity contribution in [3.8, 4) is 5.75 Å². The Morgan fingerprint density at radius 2 is 1.79 bits per heavy atom. The molecule has 2 aromatic carbocycles. The van der Waals surface area contributed by atoms with E-state index in [1.54, 1.807) is 18.9 Å². The van der Waals surface area contributed by atoms with Gasteiger partial charge in [0.25, 0.3) is 0 Å². The molecule has 0 saturated carbocycles. The standard InChI is InChI=1S/C23H30N2O3/c1-16(2)24-23(27)18(4)25(15-19-10-8-12-21(13-19)28-5)22(26)14-20-11-7-6-9-17(20)3/h6-13,16,18H,14-15H2,1-5H3,(H,24,27)/t18-/m0/s1. The predicted molar refractivity (Wildman–Crippen MR) is 111 cm³/mol. The van der Waals surface area contributed by atoms with Gasteiger partial charge in [0.1, 0.15) is 11.8 Å². The molecule has 0 spiro atoms. The molecule has 2 aromatic rings. The van der Waals surface area contributed by atoms with Crippen LogP contribution in [-0.4, -0.2) is 35.9 Å². The maximum absolute atomic E-state index is 13.2. The van der Waals surface area contributed by atoms with Crippen LogP contribution < -0.4 is 10.1 Å². The number of rotatable bonds is 8. The van der Waals surface area contributed by atoms with Gasteiger partial charge in [-0.15, -0.1) is 0 Å². The van der Waals surface area contributed by atoms with Gasteiger partial charge in [0, 0.05) is 12.6 Å². The Balaban J connectivity index is 2.27. The summed E-state index contributed by atoms with van der Waals surface area (Å²) < 4.78 is 5.29. The van der Waals surface area contributed by atoms with Crippen LogP contribution in [-0.2, 0) is 22.6 Å². The van der Waals surface area contributed by atoms with E-state index in [2.05, 4.69) is 5.32 Å². The third kappa shape index (κ3) is 5.84. The summed E-state index contributed by atoms with van der Waals surface area (Å²) >= 11 is 0. The Labute approximate surface area is 167 Å². The Morgan fingerprint density at radius 1 is 1.07 bits per heavy atom. The van der Waals surface area contributed by atoms with Crippen LogP contribution in [0.4, 0.5) is 0 Å². The second-order valence-corrected chi connectivity index (χ2v) is 7.32. The van der Waals surface area contributed by atoms with Crippen LogP contribution in [0.25, 0.3) is 0 Å². The van der Waals surface area contributed by atoms with Crippen molar-refractivity contribution in [2.24, 2.45) is 0 Å². The van der Waals surface area contributed by atoms with E-state index in [0.29, 0.717) is 6.54 Å². The molecule has 1 N–H and O–H groups in total. The minimum absolute atomic E-state index is 0.0140. The lowest BCUT2D eigenvalue weighted by molar-refractivity contribution is -0.140. The Morgan fingerprint density at radius 3 is 2.43 bits per heavy atom. The van der Waals surface area contributed by atoms with Gasteiger partial charge in [0.05, 0.1) is 13.5 Å².